The quantitative estimate of drug-likeness (QED) is 0.761. The smallest absolute Gasteiger partial charge is 0.0105 e. The van der Waals surface area contributed by atoms with Crippen LogP contribution >= 0.6 is 11.3 Å². The van der Waals surface area contributed by atoms with Crippen LogP contribution < -0.4 is 5.32 Å². The Morgan fingerprint density at radius 1 is 1.36 bits per heavy atom. The van der Waals surface area contributed by atoms with Gasteiger partial charge in [-0.25, -0.2) is 0 Å². The third-order valence-electron chi connectivity index (χ3n) is 2.56. The van der Waals surface area contributed by atoms with Gasteiger partial charge < -0.3 is 5.32 Å². The molecule has 1 aromatic heterocycles. The minimum absolute atomic E-state index is 0.645. The van der Waals surface area contributed by atoms with E-state index in [-0.39, 0.29) is 0 Å². The molecule has 0 aromatic carbocycles. The molecule has 0 amide bonds. The van der Waals surface area contributed by atoms with Crippen molar-refractivity contribution >= 4 is 11.3 Å². The van der Waals surface area contributed by atoms with Crippen LogP contribution in [0.25, 0.3) is 0 Å². The molecular weight excluding hydrogens is 190 g/mol. The SMILES string of the molecule is CNC(CCC(C)C)Cc1ccsc1. The molecule has 0 saturated carbocycles. The molecule has 14 heavy (non-hydrogen) atoms. The van der Waals surface area contributed by atoms with Crippen LogP contribution in [-0.2, 0) is 6.42 Å². The maximum atomic E-state index is 3.40. The third-order valence-corrected chi connectivity index (χ3v) is 3.29. The number of thiophene rings is 1. The monoisotopic (exact) mass is 211 g/mol. The van der Waals surface area contributed by atoms with Crippen molar-refractivity contribution in [2.24, 2.45) is 5.92 Å². The number of rotatable bonds is 6. The highest BCUT2D eigenvalue weighted by molar-refractivity contribution is 7.07. The Morgan fingerprint density at radius 3 is 2.64 bits per heavy atom. The van der Waals surface area contributed by atoms with Crippen LogP contribution in [0.5, 0.6) is 0 Å². The summed E-state index contributed by atoms with van der Waals surface area (Å²) in [6, 6.07) is 2.87. The summed E-state index contributed by atoms with van der Waals surface area (Å²) < 4.78 is 0. The third kappa shape index (κ3) is 4.25. The van der Waals surface area contributed by atoms with E-state index in [9.17, 15) is 0 Å². The molecule has 0 spiro atoms. The Morgan fingerprint density at radius 2 is 2.14 bits per heavy atom. The molecule has 0 radical (unpaired) electrons. The van der Waals surface area contributed by atoms with E-state index < -0.39 is 0 Å². The van der Waals surface area contributed by atoms with Crippen LogP contribution in [-0.4, -0.2) is 13.1 Å². The predicted molar refractivity (Wildman–Crippen MR) is 64.9 cm³/mol. The van der Waals surface area contributed by atoms with E-state index in [1.165, 1.54) is 24.8 Å². The highest BCUT2D eigenvalue weighted by atomic mass is 32.1. The molecule has 0 aliphatic carbocycles. The predicted octanol–water partition coefficient (Wildman–Crippen LogP) is 3.31. The van der Waals surface area contributed by atoms with E-state index in [4.69, 9.17) is 0 Å². The summed E-state index contributed by atoms with van der Waals surface area (Å²) in [5, 5.41) is 7.81. The largest absolute Gasteiger partial charge is 0.317 e. The second-order valence-electron chi connectivity index (χ2n) is 4.29. The second-order valence-corrected chi connectivity index (χ2v) is 5.07. The van der Waals surface area contributed by atoms with Crippen LogP contribution in [0.2, 0.25) is 0 Å². The fraction of sp³-hybridized carbons (Fsp3) is 0.667. The van der Waals surface area contributed by atoms with E-state index in [2.05, 4.69) is 43.0 Å². The first kappa shape index (κ1) is 11.7. The van der Waals surface area contributed by atoms with Gasteiger partial charge in [-0.05, 0) is 54.6 Å². The molecular formula is C12H21NS. The zero-order chi connectivity index (χ0) is 10.4. The lowest BCUT2D eigenvalue weighted by Crippen LogP contribution is -2.27. The normalized spacial score (nSPS) is 13.4. The van der Waals surface area contributed by atoms with Gasteiger partial charge in [0.15, 0.2) is 0 Å². The Bertz CT molecular complexity index is 228. The lowest BCUT2D eigenvalue weighted by molar-refractivity contribution is 0.451. The molecule has 1 rings (SSSR count). The number of nitrogens with one attached hydrogen (secondary N) is 1. The van der Waals surface area contributed by atoms with Crippen molar-refractivity contribution in [3.05, 3.63) is 22.4 Å². The van der Waals surface area contributed by atoms with Gasteiger partial charge in [0.1, 0.15) is 0 Å². The van der Waals surface area contributed by atoms with Crippen molar-refractivity contribution in [2.75, 3.05) is 7.05 Å². The molecule has 0 saturated heterocycles. The van der Waals surface area contributed by atoms with Crippen LogP contribution in [0.4, 0.5) is 0 Å². The molecule has 1 unspecified atom stereocenters. The molecule has 1 nitrogen and oxygen atoms in total. The van der Waals surface area contributed by atoms with Gasteiger partial charge in [-0.3, -0.25) is 0 Å². The van der Waals surface area contributed by atoms with Gasteiger partial charge in [-0.15, -0.1) is 0 Å². The second kappa shape index (κ2) is 6.20. The van der Waals surface area contributed by atoms with Gasteiger partial charge in [0.2, 0.25) is 0 Å². The summed E-state index contributed by atoms with van der Waals surface area (Å²) >= 11 is 1.79. The molecule has 0 aliphatic rings. The van der Waals surface area contributed by atoms with E-state index in [1.54, 1.807) is 11.3 Å². The van der Waals surface area contributed by atoms with E-state index in [1.807, 2.05) is 0 Å². The zero-order valence-corrected chi connectivity index (χ0v) is 10.2. The van der Waals surface area contributed by atoms with Gasteiger partial charge in [-0.1, -0.05) is 13.8 Å². The Balaban J connectivity index is 2.32. The van der Waals surface area contributed by atoms with Gasteiger partial charge in [-0.2, -0.15) is 11.3 Å². The highest BCUT2D eigenvalue weighted by Gasteiger charge is 2.08. The molecule has 1 N–H and O–H groups in total. The lowest BCUT2D eigenvalue weighted by Gasteiger charge is -2.16. The van der Waals surface area contributed by atoms with Crippen LogP contribution in [0.3, 0.4) is 0 Å². The first-order valence-corrected chi connectivity index (χ1v) is 6.35. The standard InChI is InChI=1S/C12H21NS/c1-10(2)4-5-12(13-3)8-11-6-7-14-9-11/h6-7,9-10,12-13H,4-5,8H2,1-3H3. The van der Waals surface area contributed by atoms with Crippen LogP contribution in [0.15, 0.2) is 16.8 Å². The maximum absolute atomic E-state index is 3.40. The lowest BCUT2D eigenvalue weighted by atomic mass is 9.99. The fourth-order valence-corrected chi connectivity index (χ4v) is 2.26. The Kier molecular flexibility index (Phi) is 5.20. The zero-order valence-electron chi connectivity index (χ0n) is 9.42. The topological polar surface area (TPSA) is 12.0 Å². The summed E-state index contributed by atoms with van der Waals surface area (Å²) in [6.07, 6.45) is 3.77. The minimum Gasteiger partial charge on any atom is -0.317 e. The average Bonchev–Trinajstić information content (AvgIpc) is 2.64. The number of hydrogen-bond acceptors (Lipinski definition) is 2. The van der Waals surface area contributed by atoms with Crippen LogP contribution in [0, 0.1) is 5.92 Å². The Hall–Kier alpha value is -0.340. The molecule has 1 atom stereocenters. The van der Waals surface area contributed by atoms with Crippen molar-refractivity contribution in [2.45, 2.75) is 39.2 Å². The summed E-state index contributed by atoms with van der Waals surface area (Å²) in [6.45, 7) is 4.58. The summed E-state index contributed by atoms with van der Waals surface area (Å²) in [4.78, 5) is 0. The molecule has 2 heteroatoms. The minimum atomic E-state index is 0.645. The van der Waals surface area contributed by atoms with Gasteiger partial charge >= 0.3 is 0 Å². The molecule has 0 aliphatic heterocycles. The highest BCUT2D eigenvalue weighted by Crippen LogP contribution is 2.13. The van der Waals surface area contributed by atoms with E-state index >= 15 is 0 Å². The summed E-state index contributed by atoms with van der Waals surface area (Å²) in [5.74, 6) is 0.813. The van der Waals surface area contributed by atoms with Crippen LogP contribution in [0.1, 0.15) is 32.3 Å². The van der Waals surface area contributed by atoms with E-state index in [0.29, 0.717) is 6.04 Å². The Labute approximate surface area is 91.5 Å². The summed E-state index contributed by atoms with van der Waals surface area (Å²) in [5.41, 5.74) is 1.47. The number of likely N-dealkylation sites (N-methyl/N-ethyl adjacent to an activating group) is 1. The molecule has 0 fully saturated rings. The van der Waals surface area contributed by atoms with Crippen molar-refractivity contribution in [3.8, 4) is 0 Å². The van der Waals surface area contributed by atoms with Gasteiger partial charge in [0.05, 0.1) is 0 Å². The molecule has 80 valence electrons. The first-order valence-electron chi connectivity index (χ1n) is 5.40. The summed E-state index contributed by atoms with van der Waals surface area (Å²) in [7, 11) is 2.07. The molecule has 1 heterocycles. The number of hydrogen-bond donors (Lipinski definition) is 1. The van der Waals surface area contributed by atoms with Crippen molar-refractivity contribution in [3.63, 3.8) is 0 Å². The average molecular weight is 211 g/mol. The van der Waals surface area contributed by atoms with Gasteiger partial charge in [0, 0.05) is 6.04 Å². The van der Waals surface area contributed by atoms with E-state index in [0.717, 1.165) is 5.92 Å². The van der Waals surface area contributed by atoms with Crippen molar-refractivity contribution < 1.29 is 0 Å². The van der Waals surface area contributed by atoms with Gasteiger partial charge in [0.25, 0.3) is 0 Å². The van der Waals surface area contributed by atoms with Crippen molar-refractivity contribution in [1.82, 2.24) is 5.32 Å². The first-order chi connectivity index (χ1) is 6.72. The fourth-order valence-electron chi connectivity index (χ4n) is 1.58. The van der Waals surface area contributed by atoms with Crippen molar-refractivity contribution in [1.29, 1.82) is 0 Å². The molecule has 0 bridgehead atoms. The molecule has 1 aromatic rings. The maximum Gasteiger partial charge on any atom is 0.0105 e.